The van der Waals surface area contributed by atoms with Crippen molar-refractivity contribution in [3.8, 4) is 0 Å². The van der Waals surface area contributed by atoms with Crippen LogP contribution >= 0.6 is 0 Å². The predicted octanol–water partition coefficient (Wildman–Crippen LogP) is 2.15. The Kier molecular flexibility index (Phi) is 3.01. The molecule has 1 saturated carbocycles. The molecule has 2 rings (SSSR count). The SMILES string of the molecule is CC=CCOCC1CCC2OC2C1. The fourth-order valence-electron chi connectivity index (χ4n) is 2.04. The lowest BCUT2D eigenvalue weighted by atomic mass is 9.90. The van der Waals surface area contributed by atoms with E-state index in [0.717, 1.165) is 19.1 Å². The highest BCUT2D eigenvalue weighted by atomic mass is 16.6. The molecule has 1 aliphatic carbocycles. The Hall–Kier alpha value is -0.340. The van der Waals surface area contributed by atoms with Gasteiger partial charge in [0.05, 0.1) is 18.8 Å². The fourth-order valence-corrected chi connectivity index (χ4v) is 2.04. The van der Waals surface area contributed by atoms with E-state index in [-0.39, 0.29) is 0 Å². The maximum atomic E-state index is 5.54. The van der Waals surface area contributed by atoms with Gasteiger partial charge in [-0.05, 0) is 32.1 Å². The number of epoxide rings is 1. The van der Waals surface area contributed by atoms with Gasteiger partial charge in [0.2, 0.25) is 0 Å². The molecule has 2 nitrogen and oxygen atoms in total. The fraction of sp³-hybridized carbons (Fsp3) is 0.818. The van der Waals surface area contributed by atoms with Crippen LogP contribution in [0.1, 0.15) is 26.2 Å². The Morgan fingerprint density at radius 1 is 1.38 bits per heavy atom. The standard InChI is InChI=1S/C11H18O2/c1-2-3-6-12-8-9-4-5-10-11(7-9)13-10/h2-3,9-11H,4-8H2,1H3. The molecule has 74 valence electrons. The topological polar surface area (TPSA) is 21.8 Å². The van der Waals surface area contributed by atoms with E-state index >= 15 is 0 Å². The first-order valence-corrected chi connectivity index (χ1v) is 5.24. The minimum atomic E-state index is 0.587. The minimum absolute atomic E-state index is 0.587. The summed E-state index contributed by atoms with van der Waals surface area (Å²) in [6.45, 7) is 3.70. The van der Waals surface area contributed by atoms with Crippen molar-refractivity contribution in [2.75, 3.05) is 13.2 Å². The van der Waals surface area contributed by atoms with Crippen molar-refractivity contribution in [1.82, 2.24) is 0 Å². The summed E-state index contributed by atoms with van der Waals surface area (Å²) in [6, 6.07) is 0. The zero-order valence-electron chi connectivity index (χ0n) is 8.24. The van der Waals surface area contributed by atoms with Crippen molar-refractivity contribution in [3.05, 3.63) is 12.2 Å². The monoisotopic (exact) mass is 182 g/mol. The number of ether oxygens (including phenoxy) is 2. The van der Waals surface area contributed by atoms with Crippen LogP contribution < -0.4 is 0 Å². The second-order valence-corrected chi connectivity index (χ2v) is 4.00. The molecule has 1 saturated heterocycles. The molecule has 13 heavy (non-hydrogen) atoms. The first-order chi connectivity index (χ1) is 6.40. The molecule has 0 radical (unpaired) electrons. The highest BCUT2D eigenvalue weighted by Crippen LogP contribution is 2.39. The Balaban J connectivity index is 1.59. The summed E-state index contributed by atoms with van der Waals surface area (Å²) in [5, 5.41) is 0. The Morgan fingerprint density at radius 2 is 2.31 bits per heavy atom. The van der Waals surface area contributed by atoms with Gasteiger partial charge in [-0.15, -0.1) is 0 Å². The van der Waals surface area contributed by atoms with Crippen LogP contribution in [0.4, 0.5) is 0 Å². The number of hydrogen-bond acceptors (Lipinski definition) is 2. The molecule has 2 aliphatic rings. The molecule has 1 aliphatic heterocycles. The number of fused-ring (bicyclic) bond motifs is 1. The van der Waals surface area contributed by atoms with Gasteiger partial charge in [0.25, 0.3) is 0 Å². The van der Waals surface area contributed by atoms with Crippen LogP contribution in [0.3, 0.4) is 0 Å². The zero-order chi connectivity index (χ0) is 9.10. The third-order valence-electron chi connectivity index (χ3n) is 2.92. The molecular weight excluding hydrogens is 164 g/mol. The van der Waals surface area contributed by atoms with E-state index in [0.29, 0.717) is 12.2 Å². The highest BCUT2D eigenvalue weighted by molar-refractivity contribution is 4.91. The smallest absolute Gasteiger partial charge is 0.0845 e. The van der Waals surface area contributed by atoms with Gasteiger partial charge in [0.1, 0.15) is 0 Å². The van der Waals surface area contributed by atoms with E-state index in [1.165, 1.54) is 19.3 Å². The molecule has 2 heteroatoms. The van der Waals surface area contributed by atoms with Crippen molar-refractivity contribution in [2.45, 2.75) is 38.4 Å². The van der Waals surface area contributed by atoms with Gasteiger partial charge in [0, 0.05) is 6.61 Å². The largest absolute Gasteiger partial charge is 0.377 e. The second-order valence-electron chi connectivity index (χ2n) is 4.00. The quantitative estimate of drug-likeness (QED) is 0.377. The molecule has 1 heterocycles. The van der Waals surface area contributed by atoms with Crippen LogP contribution in [0.15, 0.2) is 12.2 Å². The predicted molar refractivity (Wildman–Crippen MR) is 51.6 cm³/mol. The summed E-state index contributed by atoms with van der Waals surface area (Å²) in [5.41, 5.74) is 0. The van der Waals surface area contributed by atoms with Crippen LogP contribution in [0.2, 0.25) is 0 Å². The van der Waals surface area contributed by atoms with Crippen molar-refractivity contribution in [3.63, 3.8) is 0 Å². The molecule has 0 bridgehead atoms. The third-order valence-corrected chi connectivity index (χ3v) is 2.92. The highest BCUT2D eigenvalue weighted by Gasteiger charge is 2.43. The van der Waals surface area contributed by atoms with Crippen LogP contribution in [-0.4, -0.2) is 25.4 Å². The Morgan fingerprint density at radius 3 is 3.08 bits per heavy atom. The molecule has 0 N–H and O–H groups in total. The molecule has 0 spiro atoms. The number of rotatable bonds is 4. The first kappa shape index (κ1) is 9.22. The lowest BCUT2D eigenvalue weighted by Gasteiger charge is -2.17. The summed E-state index contributed by atoms with van der Waals surface area (Å²) in [7, 11) is 0. The van der Waals surface area contributed by atoms with Gasteiger partial charge in [-0.2, -0.15) is 0 Å². The molecule has 0 aromatic rings. The van der Waals surface area contributed by atoms with Crippen LogP contribution in [0.5, 0.6) is 0 Å². The van der Waals surface area contributed by atoms with Gasteiger partial charge in [-0.3, -0.25) is 0 Å². The Bertz CT molecular complexity index is 189. The van der Waals surface area contributed by atoms with Crippen molar-refractivity contribution in [1.29, 1.82) is 0 Å². The third kappa shape index (κ3) is 2.55. The molecule has 0 amide bonds. The lowest BCUT2D eigenvalue weighted by molar-refractivity contribution is 0.109. The molecule has 3 unspecified atom stereocenters. The first-order valence-electron chi connectivity index (χ1n) is 5.24. The van der Waals surface area contributed by atoms with Gasteiger partial charge in [-0.1, -0.05) is 12.2 Å². The molecule has 3 atom stereocenters. The van der Waals surface area contributed by atoms with E-state index in [1.54, 1.807) is 0 Å². The zero-order valence-corrected chi connectivity index (χ0v) is 8.24. The van der Waals surface area contributed by atoms with E-state index in [2.05, 4.69) is 6.08 Å². The summed E-state index contributed by atoms with van der Waals surface area (Å²) in [5.74, 6) is 0.744. The molecule has 2 fully saturated rings. The minimum Gasteiger partial charge on any atom is -0.377 e. The summed E-state index contributed by atoms with van der Waals surface area (Å²) < 4.78 is 11.0. The van der Waals surface area contributed by atoms with E-state index < -0.39 is 0 Å². The summed E-state index contributed by atoms with van der Waals surface area (Å²) in [4.78, 5) is 0. The second kappa shape index (κ2) is 4.25. The number of allylic oxidation sites excluding steroid dienone is 1. The number of hydrogen-bond donors (Lipinski definition) is 0. The maximum Gasteiger partial charge on any atom is 0.0845 e. The van der Waals surface area contributed by atoms with Crippen LogP contribution in [0, 0.1) is 5.92 Å². The maximum absolute atomic E-state index is 5.54. The van der Waals surface area contributed by atoms with Crippen LogP contribution in [-0.2, 0) is 9.47 Å². The lowest BCUT2D eigenvalue weighted by Crippen LogP contribution is -2.18. The summed E-state index contributed by atoms with van der Waals surface area (Å²) in [6.07, 6.45) is 9.05. The van der Waals surface area contributed by atoms with Gasteiger partial charge >= 0.3 is 0 Å². The van der Waals surface area contributed by atoms with Gasteiger partial charge < -0.3 is 9.47 Å². The average Bonchev–Trinajstić information content (AvgIpc) is 2.90. The van der Waals surface area contributed by atoms with Crippen molar-refractivity contribution >= 4 is 0 Å². The average molecular weight is 182 g/mol. The molecular formula is C11H18O2. The van der Waals surface area contributed by atoms with Gasteiger partial charge in [-0.25, -0.2) is 0 Å². The molecule has 0 aromatic carbocycles. The van der Waals surface area contributed by atoms with Crippen LogP contribution in [0.25, 0.3) is 0 Å². The summed E-state index contributed by atoms with van der Waals surface area (Å²) >= 11 is 0. The van der Waals surface area contributed by atoms with Crippen molar-refractivity contribution in [2.24, 2.45) is 5.92 Å². The Labute approximate surface area is 79.9 Å². The van der Waals surface area contributed by atoms with Gasteiger partial charge in [0.15, 0.2) is 0 Å². The van der Waals surface area contributed by atoms with E-state index in [1.807, 2.05) is 13.0 Å². The van der Waals surface area contributed by atoms with E-state index in [4.69, 9.17) is 9.47 Å². The molecule has 0 aromatic heterocycles. The van der Waals surface area contributed by atoms with Crippen molar-refractivity contribution < 1.29 is 9.47 Å². The normalized spacial score (nSPS) is 37.8. The van der Waals surface area contributed by atoms with E-state index in [9.17, 15) is 0 Å².